The van der Waals surface area contributed by atoms with Gasteiger partial charge in [-0.2, -0.15) is 0 Å². The predicted molar refractivity (Wildman–Crippen MR) is 68.4 cm³/mol. The molecule has 1 nitrogen and oxygen atoms in total. The fraction of sp³-hybridized carbons (Fsp3) is 0.200. The summed E-state index contributed by atoms with van der Waals surface area (Å²) in [7, 11) is 1.54. The molecule has 0 spiro atoms. The third-order valence-corrected chi connectivity index (χ3v) is 3.19. The Balaban J connectivity index is 2.58. The molecule has 0 aliphatic carbocycles. The molecule has 1 unspecified atom stereocenters. The lowest BCUT2D eigenvalue weighted by Crippen LogP contribution is -2.20. The molecule has 1 N–H and O–H groups in total. The van der Waals surface area contributed by atoms with Crippen molar-refractivity contribution < 1.29 is 17.6 Å². The van der Waals surface area contributed by atoms with Crippen molar-refractivity contribution in [2.24, 2.45) is 0 Å². The number of aryl methyl sites for hydroxylation is 1. The van der Waals surface area contributed by atoms with Gasteiger partial charge in [0.05, 0.1) is 6.04 Å². The monoisotopic (exact) mass is 283 g/mol. The number of benzene rings is 2. The van der Waals surface area contributed by atoms with Crippen molar-refractivity contribution in [3.8, 4) is 0 Å². The molecule has 5 heteroatoms. The van der Waals surface area contributed by atoms with E-state index in [0.29, 0.717) is 11.6 Å². The highest BCUT2D eigenvalue weighted by molar-refractivity contribution is 5.38. The summed E-state index contributed by atoms with van der Waals surface area (Å²) in [5.74, 6) is -3.76. The molecule has 0 amide bonds. The van der Waals surface area contributed by atoms with Crippen molar-refractivity contribution in [1.29, 1.82) is 0 Å². The van der Waals surface area contributed by atoms with Crippen LogP contribution in [0.25, 0.3) is 0 Å². The van der Waals surface area contributed by atoms with E-state index in [9.17, 15) is 17.6 Å². The molecule has 0 aromatic heterocycles. The van der Waals surface area contributed by atoms with Gasteiger partial charge in [-0.25, -0.2) is 17.6 Å². The van der Waals surface area contributed by atoms with E-state index in [4.69, 9.17) is 0 Å². The van der Waals surface area contributed by atoms with E-state index >= 15 is 0 Å². The third kappa shape index (κ3) is 2.67. The zero-order valence-corrected chi connectivity index (χ0v) is 11.0. The fourth-order valence-corrected chi connectivity index (χ4v) is 2.16. The van der Waals surface area contributed by atoms with Crippen LogP contribution in [0.5, 0.6) is 0 Å². The first-order valence-corrected chi connectivity index (χ1v) is 6.01. The van der Waals surface area contributed by atoms with Crippen LogP contribution in [0.15, 0.2) is 30.3 Å². The lowest BCUT2D eigenvalue weighted by atomic mass is 9.94. The van der Waals surface area contributed by atoms with Crippen LogP contribution in [-0.4, -0.2) is 7.05 Å². The Kier molecular flexibility index (Phi) is 4.09. The first kappa shape index (κ1) is 14.5. The van der Waals surface area contributed by atoms with Crippen molar-refractivity contribution in [3.05, 3.63) is 70.3 Å². The molecule has 106 valence electrons. The summed E-state index contributed by atoms with van der Waals surface area (Å²) in [4.78, 5) is 0. The summed E-state index contributed by atoms with van der Waals surface area (Å²) in [5.41, 5.74) is 1.12. The Labute approximate surface area is 114 Å². The first-order valence-electron chi connectivity index (χ1n) is 6.01. The van der Waals surface area contributed by atoms with Gasteiger partial charge >= 0.3 is 0 Å². The molecule has 0 aliphatic rings. The Morgan fingerprint density at radius 2 is 1.50 bits per heavy atom. The molecule has 2 aromatic rings. The second kappa shape index (κ2) is 5.63. The zero-order valence-electron chi connectivity index (χ0n) is 11.0. The molecular weight excluding hydrogens is 270 g/mol. The van der Waals surface area contributed by atoms with Gasteiger partial charge in [-0.05, 0) is 43.3 Å². The van der Waals surface area contributed by atoms with Crippen molar-refractivity contribution in [1.82, 2.24) is 5.32 Å². The minimum atomic E-state index is -1.25. The van der Waals surface area contributed by atoms with Gasteiger partial charge in [0, 0.05) is 11.6 Å². The number of halogens is 4. The van der Waals surface area contributed by atoms with E-state index < -0.39 is 29.3 Å². The highest BCUT2D eigenvalue weighted by Gasteiger charge is 2.21. The van der Waals surface area contributed by atoms with Crippen molar-refractivity contribution in [2.45, 2.75) is 13.0 Å². The van der Waals surface area contributed by atoms with Gasteiger partial charge in [0.2, 0.25) is 0 Å². The SMILES string of the molecule is CNC(c1cc(F)ccc1C)c1cc(F)c(F)cc1F. The normalized spacial score (nSPS) is 12.5. The van der Waals surface area contributed by atoms with E-state index in [0.717, 1.165) is 11.6 Å². The molecule has 0 fully saturated rings. The molecule has 0 bridgehead atoms. The Bertz CT molecular complexity index is 640. The van der Waals surface area contributed by atoms with Crippen LogP contribution >= 0.6 is 0 Å². The summed E-state index contributed by atoms with van der Waals surface area (Å²) in [6, 6.07) is 4.59. The third-order valence-electron chi connectivity index (χ3n) is 3.19. The molecule has 0 saturated carbocycles. The average Bonchev–Trinajstić information content (AvgIpc) is 2.40. The summed E-state index contributed by atoms with van der Waals surface area (Å²) >= 11 is 0. The lowest BCUT2D eigenvalue weighted by Gasteiger charge is -2.20. The molecule has 2 aromatic carbocycles. The minimum absolute atomic E-state index is 0.0694. The maximum Gasteiger partial charge on any atom is 0.161 e. The minimum Gasteiger partial charge on any atom is -0.309 e. The molecule has 2 rings (SSSR count). The quantitative estimate of drug-likeness (QED) is 0.666. The van der Waals surface area contributed by atoms with Gasteiger partial charge in [0.25, 0.3) is 0 Å². The average molecular weight is 283 g/mol. The van der Waals surface area contributed by atoms with Gasteiger partial charge in [0.15, 0.2) is 11.6 Å². The van der Waals surface area contributed by atoms with Crippen molar-refractivity contribution in [2.75, 3.05) is 7.05 Å². The van der Waals surface area contributed by atoms with E-state index in [1.54, 1.807) is 13.0 Å². The van der Waals surface area contributed by atoms with E-state index in [1.165, 1.54) is 19.2 Å². The number of hydrogen-bond donors (Lipinski definition) is 1. The van der Waals surface area contributed by atoms with Gasteiger partial charge in [-0.15, -0.1) is 0 Å². The van der Waals surface area contributed by atoms with Crippen molar-refractivity contribution >= 4 is 0 Å². The zero-order chi connectivity index (χ0) is 14.9. The Hall–Kier alpha value is -1.88. The van der Waals surface area contributed by atoms with E-state index in [2.05, 4.69) is 5.32 Å². The maximum atomic E-state index is 13.8. The lowest BCUT2D eigenvalue weighted by molar-refractivity contribution is 0.483. The second-order valence-corrected chi connectivity index (χ2v) is 4.51. The Morgan fingerprint density at radius 3 is 2.15 bits per heavy atom. The number of hydrogen-bond acceptors (Lipinski definition) is 1. The highest BCUT2D eigenvalue weighted by Crippen LogP contribution is 2.28. The largest absolute Gasteiger partial charge is 0.309 e. The van der Waals surface area contributed by atoms with Gasteiger partial charge in [0.1, 0.15) is 11.6 Å². The van der Waals surface area contributed by atoms with Crippen LogP contribution in [0.3, 0.4) is 0 Å². The van der Waals surface area contributed by atoms with Crippen LogP contribution < -0.4 is 5.32 Å². The molecular formula is C15H13F4N. The smallest absolute Gasteiger partial charge is 0.161 e. The predicted octanol–water partition coefficient (Wildman–Crippen LogP) is 3.86. The standard InChI is InChI=1S/C15H13F4N/c1-8-3-4-9(16)5-10(8)15(20-2)11-6-13(18)14(19)7-12(11)17/h3-7,15,20H,1-2H3. The fourth-order valence-electron chi connectivity index (χ4n) is 2.16. The van der Waals surface area contributed by atoms with Gasteiger partial charge in [-0.3, -0.25) is 0 Å². The molecule has 1 atom stereocenters. The van der Waals surface area contributed by atoms with Gasteiger partial charge in [-0.1, -0.05) is 6.07 Å². The van der Waals surface area contributed by atoms with Crippen LogP contribution in [-0.2, 0) is 0 Å². The highest BCUT2D eigenvalue weighted by atomic mass is 19.2. The molecule has 0 radical (unpaired) electrons. The molecule has 0 saturated heterocycles. The molecule has 0 heterocycles. The first-order chi connectivity index (χ1) is 9.43. The second-order valence-electron chi connectivity index (χ2n) is 4.51. The maximum absolute atomic E-state index is 13.8. The number of rotatable bonds is 3. The molecule has 20 heavy (non-hydrogen) atoms. The van der Waals surface area contributed by atoms with Crippen LogP contribution in [0.4, 0.5) is 17.6 Å². The molecule has 0 aliphatic heterocycles. The Morgan fingerprint density at radius 1 is 0.850 bits per heavy atom. The summed E-state index contributed by atoms with van der Waals surface area (Å²) in [5, 5.41) is 2.79. The summed E-state index contributed by atoms with van der Waals surface area (Å²) in [6.45, 7) is 1.73. The topological polar surface area (TPSA) is 12.0 Å². The number of nitrogens with one attached hydrogen (secondary N) is 1. The van der Waals surface area contributed by atoms with E-state index in [1.807, 2.05) is 0 Å². The van der Waals surface area contributed by atoms with Crippen LogP contribution in [0, 0.1) is 30.2 Å². The van der Waals surface area contributed by atoms with Crippen molar-refractivity contribution in [3.63, 3.8) is 0 Å². The van der Waals surface area contributed by atoms with E-state index in [-0.39, 0.29) is 5.56 Å². The van der Waals surface area contributed by atoms with Gasteiger partial charge < -0.3 is 5.32 Å². The summed E-state index contributed by atoms with van der Waals surface area (Å²) in [6.07, 6.45) is 0. The summed E-state index contributed by atoms with van der Waals surface area (Å²) < 4.78 is 53.5. The van der Waals surface area contributed by atoms with Crippen LogP contribution in [0.1, 0.15) is 22.7 Å². The van der Waals surface area contributed by atoms with Crippen LogP contribution in [0.2, 0.25) is 0 Å².